The van der Waals surface area contributed by atoms with Gasteiger partial charge < -0.3 is 15.2 Å². The lowest BCUT2D eigenvalue weighted by molar-refractivity contribution is -0.152. The topological polar surface area (TPSA) is 75.6 Å². The number of carboxylic acid groups (broad SMARTS) is 1. The highest BCUT2D eigenvalue weighted by atomic mass is 16.5. The number of amides is 1. The molecule has 6 rings (SSSR count). The Morgan fingerprint density at radius 3 is 1.94 bits per heavy atom. The lowest BCUT2D eigenvalue weighted by atomic mass is 9.62. The zero-order valence-electron chi connectivity index (χ0n) is 18.6. The van der Waals surface area contributed by atoms with Gasteiger partial charge in [0.2, 0.25) is 5.91 Å². The average molecular weight is 432 g/mol. The Kier molecular flexibility index (Phi) is 4.88. The minimum Gasteiger partial charge on any atom is -0.481 e. The van der Waals surface area contributed by atoms with Gasteiger partial charge in [-0.25, -0.2) is 0 Å². The Balaban J connectivity index is 1.25. The lowest BCUT2D eigenvalue weighted by Crippen LogP contribution is -2.48. The van der Waals surface area contributed by atoms with E-state index in [2.05, 4.69) is 44.3 Å². The summed E-state index contributed by atoms with van der Waals surface area (Å²) in [5, 5.41) is 12.7. The molecule has 0 spiro atoms. The van der Waals surface area contributed by atoms with Gasteiger partial charge in [-0.05, 0) is 77.5 Å². The zero-order chi connectivity index (χ0) is 22.6. The van der Waals surface area contributed by atoms with Crippen LogP contribution in [0.4, 0.5) is 5.69 Å². The molecule has 4 aliphatic carbocycles. The fraction of sp³-hybridized carbons (Fsp3) is 0.407. The van der Waals surface area contributed by atoms with Crippen molar-refractivity contribution in [1.29, 1.82) is 0 Å². The van der Waals surface area contributed by atoms with Gasteiger partial charge in [0.25, 0.3) is 0 Å². The molecule has 2 aromatic rings. The highest BCUT2D eigenvalue weighted by molar-refractivity contribution is 5.96. The number of fused-ring (bicyclic) bond motifs is 1. The van der Waals surface area contributed by atoms with E-state index < -0.39 is 17.8 Å². The molecule has 2 fully saturated rings. The molecule has 2 aromatic carbocycles. The summed E-state index contributed by atoms with van der Waals surface area (Å²) in [6, 6.07) is 15.3. The molecule has 0 aliphatic heterocycles. The Hall–Kier alpha value is -3.08. The van der Waals surface area contributed by atoms with E-state index in [0.29, 0.717) is 23.3 Å². The third-order valence-corrected chi connectivity index (χ3v) is 7.32. The van der Waals surface area contributed by atoms with Crippen molar-refractivity contribution in [2.24, 2.45) is 35.5 Å². The molecule has 5 nitrogen and oxygen atoms in total. The maximum absolute atomic E-state index is 13.1. The number of benzene rings is 2. The molecule has 2 N–H and O–H groups in total. The number of carbonyl (C=O) groups is 2. The second kappa shape index (κ2) is 7.51. The summed E-state index contributed by atoms with van der Waals surface area (Å²) in [6.07, 6.45) is 5.14. The molecule has 2 bridgehead atoms. The van der Waals surface area contributed by atoms with E-state index >= 15 is 0 Å². The number of allylic oxidation sites excluding steroid dienone is 2. The second-order valence-corrected chi connectivity index (χ2v) is 10.4. The Labute approximate surface area is 188 Å². The van der Waals surface area contributed by atoms with Crippen molar-refractivity contribution in [3.63, 3.8) is 0 Å². The predicted molar refractivity (Wildman–Crippen MR) is 123 cm³/mol. The van der Waals surface area contributed by atoms with Crippen LogP contribution in [0.15, 0.2) is 60.7 Å². The van der Waals surface area contributed by atoms with Crippen LogP contribution in [-0.2, 0) is 15.0 Å². The molecule has 1 amide bonds. The monoisotopic (exact) mass is 431 g/mol. The number of ether oxygens (including phenoxy) is 1. The first-order valence-corrected chi connectivity index (χ1v) is 11.3. The Morgan fingerprint density at radius 1 is 0.875 bits per heavy atom. The number of anilines is 1. The maximum Gasteiger partial charge on any atom is 0.307 e. The standard InChI is InChI=1S/C27H29NO4/c1-27(2,3)15-4-8-17(9-5-15)32-18-10-6-16(7-11-18)28-25(29)23-19-12-13-20(22-14-21(19)22)24(23)26(30)31/h4-13,19-24H,14H2,1-3H3,(H,28,29)(H,30,31)/t19-,20+,21+,22+,23-,24-/m0/s1. The maximum atomic E-state index is 13.1. The van der Waals surface area contributed by atoms with Crippen LogP contribution < -0.4 is 10.1 Å². The van der Waals surface area contributed by atoms with Gasteiger partial charge in [-0.15, -0.1) is 0 Å². The van der Waals surface area contributed by atoms with Gasteiger partial charge in [-0.1, -0.05) is 45.1 Å². The smallest absolute Gasteiger partial charge is 0.307 e. The van der Waals surface area contributed by atoms with Crippen molar-refractivity contribution in [2.45, 2.75) is 32.6 Å². The van der Waals surface area contributed by atoms with Gasteiger partial charge in [-0.3, -0.25) is 9.59 Å². The van der Waals surface area contributed by atoms with Crippen LogP contribution in [0.1, 0.15) is 32.8 Å². The number of hydrogen-bond acceptors (Lipinski definition) is 3. The van der Waals surface area contributed by atoms with Gasteiger partial charge in [0.15, 0.2) is 0 Å². The van der Waals surface area contributed by atoms with Crippen LogP contribution in [0.5, 0.6) is 11.5 Å². The summed E-state index contributed by atoms with van der Waals surface area (Å²) in [7, 11) is 0. The quantitative estimate of drug-likeness (QED) is 0.615. The number of carbonyl (C=O) groups excluding carboxylic acids is 1. The van der Waals surface area contributed by atoms with E-state index in [4.69, 9.17) is 4.74 Å². The molecule has 4 aliphatic rings. The van der Waals surface area contributed by atoms with Crippen LogP contribution in [0.2, 0.25) is 0 Å². The molecular weight excluding hydrogens is 402 g/mol. The van der Waals surface area contributed by atoms with Crippen LogP contribution >= 0.6 is 0 Å². The first-order chi connectivity index (χ1) is 15.2. The molecule has 0 radical (unpaired) electrons. The fourth-order valence-corrected chi connectivity index (χ4v) is 5.56. The molecule has 5 heteroatoms. The Bertz CT molecular complexity index is 1060. The summed E-state index contributed by atoms with van der Waals surface area (Å²) >= 11 is 0. The van der Waals surface area contributed by atoms with Crippen LogP contribution in [0.25, 0.3) is 0 Å². The zero-order valence-corrected chi connectivity index (χ0v) is 18.6. The normalized spacial score (nSPS) is 29.8. The molecule has 2 saturated carbocycles. The predicted octanol–water partition coefficient (Wildman–Crippen LogP) is 5.48. The number of rotatable bonds is 5. The summed E-state index contributed by atoms with van der Waals surface area (Å²) in [5.41, 5.74) is 1.98. The van der Waals surface area contributed by atoms with Crippen molar-refractivity contribution < 1.29 is 19.4 Å². The highest BCUT2D eigenvalue weighted by Crippen LogP contribution is 2.63. The third-order valence-electron chi connectivity index (χ3n) is 7.32. The molecule has 0 aromatic heterocycles. The summed E-state index contributed by atoms with van der Waals surface area (Å²) < 4.78 is 5.93. The van der Waals surface area contributed by atoms with Crippen LogP contribution in [-0.4, -0.2) is 17.0 Å². The lowest BCUT2D eigenvalue weighted by Gasteiger charge is -2.41. The van der Waals surface area contributed by atoms with Gasteiger partial charge >= 0.3 is 5.97 Å². The van der Waals surface area contributed by atoms with Crippen LogP contribution in [0.3, 0.4) is 0 Å². The first-order valence-electron chi connectivity index (χ1n) is 11.3. The van der Waals surface area contributed by atoms with Crippen molar-refractivity contribution in [3.05, 3.63) is 66.2 Å². The summed E-state index contributed by atoms with van der Waals surface area (Å²) in [4.78, 5) is 25.0. The van der Waals surface area contributed by atoms with Crippen molar-refractivity contribution >= 4 is 17.6 Å². The number of nitrogens with one attached hydrogen (secondary N) is 1. The molecule has 0 saturated heterocycles. The molecular formula is C27H29NO4. The number of hydrogen-bond donors (Lipinski definition) is 2. The SMILES string of the molecule is CC(C)(C)c1ccc(Oc2ccc(NC(=O)[C@H]3[C@H]4C=C[C@H]([C@H]5C[C@H]45)[C@@H]3C(=O)O)cc2)cc1. The average Bonchev–Trinajstić information content (AvgIpc) is 3.57. The minimum absolute atomic E-state index is 0.0151. The van der Waals surface area contributed by atoms with E-state index in [9.17, 15) is 14.7 Å². The first kappa shape index (κ1) is 20.8. The van der Waals surface area contributed by atoms with E-state index in [-0.39, 0.29) is 23.2 Å². The van der Waals surface area contributed by atoms with Crippen LogP contribution in [0, 0.1) is 35.5 Å². The summed E-state index contributed by atoms with van der Waals surface area (Å²) in [5.74, 6) is 0.156. The van der Waals surface area contributed by atoms with E-state index in [1.807, 2.05) is 30.3 Å². The van der Waals surface area contributed by atoms with E-state index in [0.717, 1.165) is 12.2 Å². The third kappa shape index (κ3) is 3.70. The largest absolute Gasteiger partial charge is 0.481 e. The van der Waals surface area contributed by atoms with Gasteiger partial charge in [-0.2, -0.15) is 0 Å². The molecule has 32 heavy (non-hydrogen) atoms. The van der Waals surface area contributed by atoms with Gasteiger partial charge in [0.05, 0.1) is 11.8 Å². The van der Waals surface area contributed by atoms with E-state index in [1.54, 1.807) is 12.1 Å². The Morgan fingerprint density at radius 2 is 1.41 bits per heavy atom. The van der Waals surface area contributed by atoms with Crippen molar-refractivity contribution in [3.8, 4) is 11.5 Å². The molecule has 6 atom stereocenters. The summed E-state index contributed by atoms with van der Waals surface area (Å²) in [6.45, 7) is 6.52. The molecule has 0 heterocycles. The van der Waals surface area contributed by atoms with Gasteiger partial charge in [0.1, 0.15) is 11.5 Å². The minimum atomic E-state index is -0.865. The number of aliphatic carboxylic acids is 1. The molecule has 166 valence electrons. The number of carboxylic acids is 1. The highest BCUT2D eigenvalue weighted by Gasteiger charge is 2.62. The molecule has 0 unspecified atom stereocenters. The second-order valence-electron chi connectivity index (χ2n) is 10.4. The van der Waals surface area contributed by atoms with E-state index in [1.165, 1.54) is 5.56 Å². The fourth-order valence-electron chi connectivity index (χ4n) is 5.56. The van der Waals surface area contributed by atoms with Gasteiger partial charge in [0, 0.05) is 5.69 Å². The van der Waals surface area contributed by atoms with Crippen molar-refractivity contribution in [1.82, 2.24) is 0 Å². The van der Waals surface area contributed by atoms with Crippen molar-refractivity contribution in [2.75, 3.05) is 5.32 Å².